The average Bonchev–Trinajstić information content (AvgIpc) is 2.85. The second kappa shape index (κ2) is 5.92. The minimum atomic E-state index is -3.53. The molecule has 1 amide bonds. The fraction of sp³-hybridized carbons (Fsp3) is 0.286. The molecule has 0 aliphatic heterocycles. The van der Waals surface area contributed by atoms with Crippen molar-refractivity contribution in [3.05, 3.63) is 24.0 Å². The molecule has 8 nitrogen and oxygen atoms in total. The number of amides is 1. The number of fused-ring (bicyclic) bond motifs is 3. The molecule has 2 heterocycles. The van der Waals surface area contributed by atoms with E-state index in [0.29, 0.717) is 21.8 Å². The highest BCUT2D eigenvalue weighted by atomic mass is 32.2. The van der Waals surface area contributed by atoms with Gasteiger partial charge in [-0.25, -0.2) is 18.4 Å². The molecular formula is C14H17N5O3S. The highest BCUT2D eigenvalue weighted by molar-refractivity contribution is 7.90. The lowest BCUT2D eigenvalue weighted by atomic mass is 10.1. The van der Waals surface area contributed by atoms with Crippen molar-refractivity contribution in [2.45, 2.75) is 19.0 Å². The lowest BCUT2D eigenvalue weighted by Gasteiger charge is -2.03. The van der Waals surface area contributed by atoms with Crippen LogP contribution in [0, 0.1) is 0 Å². The summed E-state index contributed by atoms with van der Waals surface area (Å²) in [5.41, 5.74) is 6.36. The van der Waals surface area contributed by atoms with E-state index in [-0.39, 0.29) is 10.9 Å². The van der Waals surface area contributed by atoms with Gasteiger partial charge in [0.2, 0.25) is 15.0 Å². The Hall–Kier alpha value is -2.55. The summed E-state index contributed by atoms with van der Waals surface area (Å²) in [5, 5.41) is 4.96. The Bertz CT molecular complexity index is 1010. The van der Waals surface area contributed by atoms with Gasteiger partial charge in [0.1, 0.15) is 5.52 Å². The zero-order chi connectivity index (χ0) is 17.4. The summed E-state index contributed by atoms with van der Waals surface area (Å²) in [6, 6.07) is 3.38. The van der Waals surface area contributed by atoms with Gasteiger partial charge in [-0.2, -0.15) is 5.10 Å². The van der Waals surface area contributed by atoms with Crippen LogP contribution in [-0.4, -0.2) is 40.3 Å². The Morgan fingerprint density at radius 3 is 2.48 bits per heavy atom. The van der Waals surface area contributed by atoms with Crippen molar-refractivity contribution in [2.24, 2.45) is 12.8 Å². The Morgan fingerprint density at radius 2 is 1.91 bits per heavy atom. The van der Waals surface area contributed by atoms with Crippen molar-refractivity contribution in [3.8, 4) is 0 Å². The minimum absolute atomic E-state index is 0.119. The number of primary amides is 1. The molecule has 0 aliphatic rings. The summed E-state index contributed by atoms with van der Waals surface area (Å²) in [6.45, 7) is 4.00. The summed E-state index contributed by atoms with van der Waals surface area (Å²) in [5.74, 6) is -0.655. The topological polar surface area (TPSA) is 121 Å². The standard InChI is InChI=1S/C12H11N5O3S.C2H6/c1-17-10-7(9(16-17)11(13)18)4-3-6-5-14-12(15-8(6)10)21(2,19)20;1-2/h3-5H,1-2H3,(H2,13,18);1-2H3. The number of carbonyl (C=O) groups is 1. The van der Waals surface area contributed by atoms with Crippen LogP contribution in [0.1, 0.15) is 24.3 Å². The van der Waals surface area contributed by atoms with Crippen LogP contribution in [0.5, 0.6) is 0 Å². The minimum Gasteiger partial charge on any atom is -0.364 e. The number of aromatic nitrogens is 4. The van der Waals surface area contributed by atoms with Gasteiger partial charge in [-0.05, 0) is 6.07 Å². The van der Waals surface area contributed by atoms with Gasteiger partial charge in [-0.1, -0.05) is 19.9 Å². The number of hydrogen-bond acceptors (Lipinski definition) is 6. The second-order valence-electron chi connectivity index (χ2n) is 4.66. The van der Waals surface area contributed by atoms with E-state index in [4.69, 9.17) is 5.73 Å². The van der Waals surface area contributed by atoms with Crippen LogP contribution in [0.2, 0.25) is 0 Å². The largest absolute Gasteiger partial charge is 0.364 e. The van der Waals surface area contributed by atoms with E-state index < -0.39 is 15.7 Å². The predicted octanol–water partition coefficient (Wildman–Crippen LogP) is 1.05. The number of benzene rings is 1. The molecule has 9 heteroatoms. The summed E-state index contributed by atoms with van der Waals surface area (Å²) in [6.07, 6.45) is 2.46. The maximum absolute atomic E-state index is 11.6. The van der Waals surface area contributed by atoms with Crippen molar-refractivity contribution >= 4 is 37.6 Å². The molecule has 0 radical (unpaired) electrons. The van der Waals surface area contributed by atoms with Gasteiger partial charge in [0.25, 0.3) is 5.91 Å². The summed E-state index contributed by atoms with van der Waals surface area (Å²) < 4.78 is 24.6. The van der Waals surface area contributed by atoms with Gasteiger partial charge in [0.15, 0.2) is 5.69 Å². The second-order valence-corrected chi connectivity index (χ2v) is 6.57. The molecule has 0 atom stereocenters. The van der Waals surface area contributed by atoms with Crippen LogP contribution < -0.4 is 5.73 Å². The Balaban J connectivity index is 0.000000924. The number of rotatable bonds is 2. The number of aryl methyl sites for hydroxylation is 1. The Kier molecular flexibility index (Phi) is 4.33. The zero-order valence-corrected chi connectivity index (χ0v) is 14.0. The molecule has 0 saturated carbocycles. The first-order chi connectivity index (χ1) is 10.8. The molecule has 23 heavy (non-hydrogen) atoms. The molecule has 1 aromatic carbocycles. The van der Waals surface area contributed by atoms with Crippen LogP contribution in [-0.2, 0) is 16.9 Å². The van der Waals surface area contributed by atoms with Crippen LogP contribution in [0.4, 0.5) is 0 Å². The van der Waals surface area contributed by atoms with Crippen molar-refractivity contribution in [2.75, 3.05) is 6.26 Å². The molecule has 0 bridgehead atoms. The maximum Gasteiger partial charge on any atom is 0.269 e. The lowest BCUT2D eigenvalue weighted by molar-refractivity contribution is 0.0996. The number of nitrogens with two attached hydrogens (primary N) is 1. The molecule has 0 fully saturated rings. The first-order valence-electron chi connectivity index (χ1n) is 6.91. The quantitative estimate of drug-likeness (QED) is 0.699. The summed E-state index contributed by atoms with van der Waals surface area (Å²) in [7, 11) is -1.89. The van der Waals surface area contributed by atoms with Crippen molar-refractivity contribution in [1.82, 2.24) is 19.7 Å². The van der Waals surface area contributed by atoms with Gasteiger partial charge in [-0.15, -0.1) is 0 Å². The molecule has 0 spiro atoms. The first kappa shape index (κ1) is 16.8. The van der Waals surface area contributed by atoms with Gasteiger partial charge in [-0.3, -0.25) is 9.48 Å². The summed E-state index contributed by atoms with van der Waals surface area (Å²) in [4.78, 5) is 19.3. The first-order valence-corrected chi connectivity index (χ1v) is 8.80. The van der Waals surface area contributed by atoms with Crippen molar-refractivity contribution in [1.29, 1.82) is 0 Å². The molecule has 3 aromatic rings. The molecular weight excluding hydrogens is 318 g/mol. The third-order valence-corrected chi connectivity index (χ3v) is 3.96. The Morgan fingerprint density at radius 1 is 1.26 bits per heavy atom. The molecule has 0 aliphatic carbocycles. The van der Waals surface area contributed by atoms with Crippen LogP contribution >= 0.6 is 0 Å². The van der Waals surface area contributed by atoms with E-state index in [1.54, 1.807) is 19.2 Å². The fourth-order valence-corrected chi connectivity index (χ4v) is 2.70. The van der Waals surface area contributed by atoms with E-state index in [2.05, 4.69) is 15.1 Å². The molecule has 0 unspecified atom stereocenters. The summed E-state index contributed by atoms with van der Waals surface area (Å²) >= 11 is 0. The smallest absolute Gasteiger partial charge is 0.269 e. The number of carbonyl (C=O) groups excluding carboxylic acids is 1. The van der Waals surface area contributed by atoms with Crippen LogP contribution in [0.15, 0.2) is 23.5 Å². The van der Waals surface area contributed by atoms with Crippen molar-refractivity contribution < 1.29 is 13.2 Å². The highest BCUT2D eigenvalue weighted by Gasteiger charge is 2.18. The molecule has 122 valence electrons. The monoisotopic (exact) mass is 335 g/mol. The van der Waals surface area contributed by atoms with Crippen molar-refractivity contribution in [3.63, 3.8) is 0 Å². The molecule has 0 saturated heterocycles. The normalized spacial score (nSPS) is 11.3. The number of sulfone groups is 1. The number of nitrogens with zero attached hydrogens (tertiary/aromatic N) is 4. The van der Waals surface area contributed by atoms with Crippen LogP contribution in [0.25, 0.3) is 21.8 Å². The maximum atomic E-state index is 11.6. The fourth-order valence-electron chi connectivity index (χ4n) is 2.20. The van der Waals surface area contributed by atoms with E-state index in [9.17, 15) is 13.2 Å². The van der Waals surface area contributed by atoms with E-state index in [1.807, 2.05) is 13.8 Å². The average molecular weight is 335 g/mol. The molecule has 2 N–H and O–H groups in total. The van der Waals surface area contributed by atoms with Gasteiger partial charge >= 0.3 is 0 Å². The molecule has 3 rings (SSSR count). The third kappa shape index (κ3) is 2.87. The highest BCUT2D eigenvalue weighted by Crippen LogP contribution is 2.26. The van der Waals surface area contributed by atoms with E-state index in [1.165, 1.54) is 10.9 Å². The predicted molar refractivity (Wildman–Crippen MR) is 86.8 cm³/mol. The van der Waals surface area contributed by atoms with Gasteiger partial charge in [0.05, 0.1) is 5.52 Å². The van der Waals surface area contributed by atoms with Crippen LogP contribution in [0.3, 0.4) is 0 Å². The van der Waals surface area contributed by atoms with E-state index in [0.717, 1.165) is 6.26 Å². The van der Waals surface area contributed by atoms with E-state index >= 15 is 0 Å². The van der Waals surface area contributed by atoms with Gasteiger partial charge < -0.3 is 5.73 Å². The lowest BCUT2D eigenvalue weighted by Crippen LogP contribution is -2.12. The SMILES string of the molecule is CC.Cn1nc(C(N)=O)c2ccc3cnc(S(C)(=O)=O)nc3c21. The zero-order valence-electron chi connectivity index (χ0n) is 13.2. The Labute approximate surface area is 133 Å². The molecule has 2 aromatic heterocycles. The van der Waals surface area contributed by atoms with Gasteiger partial charge in [0, 0.05) is 30.3 Å². The third-order valence-electron chi connectivity index (χ3n) is 3.10. The number of hydrogen-bond donors (Lipinski definition) is 1.